The van der Waals surface area contributed by atoms with Gasteiger partial charge in [0.25, 0.3) is 0 Å². The molecule has 34 heavy (non-hydrogen) atoms. The van der Waals surface area contributed by atoms with E-state index in [-0.39, 0.29) is 10.8 Å². The van der Waals surface area contributed by atoms with E-state index in [9.17, 15) is 13.2 Å². The highest BCUT2D eigenvalue weighted by Gasteiger charge is 2.38. The molecule has 2 atom stereocenters. The molecule has 0 bridgehead atoms. The number of nitrogens with zero attached hydrogens (tertiary/aromatic N) is 1. The largest absolute Gasteiger partial charge is 0.361 e. The Morgan fingerprint density at radius 2 is 1.82 bits per heavy atom. The minimum atomic E-state index is -3.84. The molecule has 1 saturated heterocycles. The van der Waals surface area contributed by atoms with E-state index in [1.165, 1.54) is 4.31 Å². The van der Waals surface area contributed by atoms with E-state index < -0.39 is 22.2 Å². The van der Waals surface area contributed by atoms with Gasteiger partial charge in [0.2, 0.25) is 15.9 Å². The number of amides is 1. The molecule has 1 aliphatic heterocycles. The van der Waals surface area contributed by atoms with Crippen molar-refractivity contribution in [1.29, 1.82) is 0 Å². The van der Waals surface area contributed by atoms with Gasteiger partial charge in [-0.3, -0.25) is 4.79 Å². The van der Waals surface area contributed by atoms with Crippen molar-refractivity contribution in [2.75, 3.05) is 6.54 Å². The third kappa shape index (κ3) is 4.32. The molecule has 4 N–H and O–H groups in total. The van der Waals surface area contributed by atoms with Crippen molar-refractivity contribution in [2.45, 2.75) is 42.8 Å². The third-order valence-corrected chi connectivity index (χ3v) is 8.43. The Morgan fingerprint density at radius 1 is 1.06 bits per heavy atom. The maximum atomic E-state index is 13.5. The minimum Gasteiger partial charge on any atom is -0.361 e. The summed E-state index contributed by atoms with van der Waals surface area (Å²) in [6.45, 7) is 0.310. The highest BCUT2D eigenvalue weighted by atomic mass is 32.2. The normalized spacial score (nSPS) is 18.2. The van der Waals surface area contributed by atoms with Gasteiger partial charge in [0.05, 0.1) is 11.1 Å². The fourth-order valence-electron chi connectivity index (χ4n) is 4.79. The van der Waals surface area contributed by atoms with Gasteiger partial charge < -0.3 is 16.0 Å². The highest BCUT2D eigenvalue weighted by molar-refractivity contribution is 7.89. The molecule has 4 aromatic rings. The second-order valence-corrected chi connectivity index (χ2v) is 10.7. The van der Waals surface area contributed by atoms with Gasteiger partial charge in [0, 0.05) is 30.1 Å². The number of carbonyl (C=O) groups is 1. The van der Waals surface area contributed by atoms with Crippen LogP contribution in [0.15, 0.2) is 77.8 Å². The van der Waals surface area contributed by atoms with Crippen molar-refractivity contribution in [3.63, 3.8) is 0 Å². The van der Waals surface area contributed by atoms with Crippen LogP contribution in [0.25, 0.3) is 21.7 Å². The Bertz CT molecular complexity index is 1450. The van der Waals surface area contributed by atoms with Crippen molar-refractivity contribution >= 4 is 37.6 Å². The number of para-hydroxylation sites is 1. The number of sulfonamides is 1. The summed E-state index contributed by atoms with van der Waals surface area (Å²) in [7, 11) is -3.84. The van der Waals surface area contributed by atoms with E-state index in [0.29, 0.717) is 19.4 Å². The number of fused-ring (bicyclic) bond motifs is 2. The summed E-state index contributed by atoms with van der Waals surface area (Å²) >= 11 is 0. The standard InChI is InChI=1S/C26H28N4O3S/c27-25(16-20-17-28-23-10-4-3-9-22(20)23)29-26(31)24-11-5-6-14-30(24)34(32,33)21-13-12-18-7-1-2-8-19(18)15-21/h1-4,7-10,12-13,15,17,24-25,28H,5-6,11,14,16,27H2,(H,29,31)/t24-,25-/m0/s1. The molecule has 8 heteroatoms. The van der Waals surface area contributed by atoms with Crippen LogP contribution >= 0.6 is 0 Å². The van der Waals surface area contributed by atoms with Crippen molar-refractivity contribution in [3.8, 4) is 0 Å². The van der Waals surface area contributed by atoms with Crippen LogP contribution in [0.3, 0.4) is 0 Å². The van der Waals surface area contributed by atoms with E-state index in [1.807, 2.05) is 54.7 Å². The molecule has 1 amide bonds. The summed E-state index contributed by atoms with van der Waals surface area (Å²) in [5.74, 6) is -0.351. The average molecular weight is 477 g/mol. The zero-order valence-electron chi connectivity index (χ0n) is 18.8. The molecule has 1 aliphatic rings. The SMILES string of the molecule is N[C@H](Cc1c[nH]c2ccccc12)NC(=O)[C@@H]1CCCCN1S(=O)(=O)c1ccc2ccccc2c1. The molecule has 0 spiro atoms. The summed E-state index contributed by atoms with van der Waals surface area (Å²) in [4.78, 5) is 16.6. The lowest BCUT2D eigenvalue weighted by Gasteiger charge is -2.34. The molecule has 1 fully saturated rings. The number of nitrogens with two attached hydrogens (primary N) is 1. The topological polar surface area (TPSA) is 108 Å². The number of aromatic nitrogens is 1. The van der Waals surface area contributed by atoms with Crippen molar-refractivity contribution in [2.24, 2.45) is 5.73 Å². The number of hydrogen-bond acceptors (Lipinski definition) is 4. The molecule has 7 nitrogen and oxygen atoms in total. The number of benzene rings is 3. The fourth-order valence-corrected chi connectivity index (χ4v) is 6.48. The van der Waals surface area contributed by atoms with Crippen molar-refractivity contribution in [3.05, 3.63) is 78.5 Å². The molecule has 2 heterocycles. The van der Waals surface area contributed by atoms with Gasteiger partial charge >= 0.3 is 0 Å². The van der Waals surface area contributed by atoms with Gasteiger partial charge in [-0.05, 0) is 47.4 Å². The quantitative estimate of drug-likeness (QED) is 0.370. The average Bonchev–Trinajstić information content (AvgIpc) is 3.26. The van der Waals surface area contributed by atoms with Gasteiger partial charge in [0.15, 0.2) is 0 Å². The molecule has 0 saturated carbocycles. The molecule has 5 rings (SSSR count). The first-order valence-electron chi connectivity index (χ1n) is 11.5. The number of rotatable bonds is 6. The van der Waals surface area contributed by atoms with Crippen LogP contribution < -0.4 is 11.1 Å². The van der Waals surface area contributed by atoms with E-state index >= 15 is 0 Å². The first kappa shape index (κ1) is 22.6. The molecule has 0 radical (unpaired) electrons. The van der Waals surface area contributed by atoms with E-state index in [1.54, 1.807) is 18.2 Å². The molecule has 3 aromatic carbocycles. The van der Waals surface area contributed by atoms with E-state index in [2.05, 4.69) is 10.3 Å². The first-order chi connectivity index (χ1) is 16.4. The Kier molecular flexibility index (Phi) is 6.12. The first-order valence-corrected chi connectivity index (χ1v) is 13.0. The zero-order valence-corrected chi connectivity index (χ0v) is 19.6. The lowest BCUT2D eigenvalue weighted by atomic mass is 10.0. The maximum absolute atomic E-state index is 13.5. The Hall–Kier alpha value is -3.20. The third-order valence-electron chi connectivity index (χ3n) is 6.53. The second-order valence-electron chi connectivity index (χ2n) is 8.81. The van der Waals surface area contributed by atoms with Gasteiger partial charge in [-0.2, -0.15) is 4.31 Å². The number of piperidine rings is 1. The van der Waals surface area contributed by atoms with Gasteiger partial charge in [0.1, 0.15) is 6.04 Å². The fraction of sp³-hybridized carbons (Fsp3) is 0.269. The number of hydrogen-bond donors (Lipinski definition) is 3. The molecular weight excluding hydrogens is 448 g/mol. The predicted molar refractivity (Wildman–Crippen MR) is 134 cm³/mol. The van der Waals surface area contributed by atoms with Crippen LogP contribution in [-0.4, -0.2) is 42.4 Å². The summed E-state index contributed by atoms with van der Waals surface area (Å²) in [6, 6.07) is 19.9. The lowest BCUT2D eigenvalue weighted by molar-refractivity contribution is -0.126. The lowest BCUT2D eigenvalue weighted by Crippen LogP contribution is -2.55. The van der Waals surface area contributed by atoms with Crippen molar-refractivity contribution in [1.82, 2.24) is 14.6 Å². The number of nitrogens with one attached hydrogen (secondary N) is 2. The number of carbonyl (C=O) groups excluding carboxylic acids is 1. The van der Waals surface area contributed by atoms with Crippen molar-refractivity contribution < 1.29 is 13.2 Å². The number of H-pyrrole nitrogens is 1. The van der Waals surface area contributed by atoms with E-state index in [4.69, 9.17) is 5.73 Å². The molecular formula is C26H28N4O3S. The van der Waals surface area contributed by atoms with Gasteiger partial charge in [-0.15, -0.1) is 0 Å². The monoisotopic (exact) mass is 476 g/mol. The van der Waals surface area contributed by atoms with Crippen LogP contribution in [0, 0.1) is 0 Å². The minimum absolute atomic E-state index is 0.203. The predicted octanol–water partition coefficient (Wildman–Crippen LogP) is 3.51. The maximum Gasteiger partial charge on any atom is 0.243 e. The summed E-state index contributed by atoms with van der Waals surface area (Å²) in [6.07, 6.45) is 3.70. The van der Waals surface area contributed by atoms with Gasteiger partial charge in [-0.1, -0.05) is 55.0 Å². The second kappa shape index (κ2) is 9.21. The van der Waals surface area contributed by atoms with Crippen LogP contribution in [0.4, 0.5) is 0 Å². The van der Waals surface area contributed by atoms with Gasteiger partial charge in [-0.25, -0.2) is 8.42 Å². The Balaban J connectivity index is 1.34. The van der Waals surface area contributed by atoms with Crippen LogP contribution in [0.5, 0.6) is 0 Å². The summed E-state index contributed by atoms with van der Waals surface area (Å²) in [5.41, 5.74) is 8.29. The smallest absolute Gasteiger partial charge is 0.243 e. The zero-order chi connectivity index (χ0) is 23.7. The summed E-state index contributed by atoms with van der Waals surface area (Å²) in [5, 5.41) is 5.73. The Labute approximate surface area is 199 Å². The van der Waals surface area contributed by atoms with Crippen LogP contribution in [-0.2, 0) is 21.2 Å². The van der Waals surface area contributed by atoms with E-state index in [0.717, 1.165) is 40.1 Å². The molecule has 1 aromatic heterocycles. The molecule has 176 valence electrons. The molecule has 0 unspecified atom stereocenters. The van der Waals surface area contributed by atoms with Crippen LogP contribution in [0.1, 0.15) is 24.8 Å². The number of aromatic amines is 1. The van der Waals surface area contributed by atoms with Crippen LogP contribution in [0.2, 0.25) is 0 Å². The summed E-state index contributed by atoms with van der Waals surface area (Å²) < 4.78 is 28.4. The Morgan fingerprint density at radius 3 is 2.68 bits per heavy atom. The highest BCUT2D eigenvalue weighted by Crippen LogP contribution is 2.28. The molecule has 0 aliphatic carbocycles.